The Morgan fingerprint density at radius 1 is 1.07 bits per heavy atom. The van der Waals surface area contributed by atoms with Gasteiger partial charge in [0.15, 0.2) is 10.0 Å². The summed E-state index contributed by atoms with van der Waals surface area (Å²) in [6.07, 6.45) is 4.53. The van der Waals surface area contributed by atoms with Crippen molar-refractivity contribution in [1.29, 1.82) is 0 Å². The second kappa shape index (κ2) is 8.39. The van der Waals surface area contributed by atoms with Crippen molar-refractivity contribution in [3.8, 4) is 0 Å². The SMILES string of the molecule is O=C(Nc1nc2ccccc2s1)c1cccc([S+]([O-])N2CCCCCC2)c1. The number of fused-ring (bicyclic) bond motifs is 1. The first-order chi connectivity index (χ1) is 13.2. The summed E-state index contributed by atoms with van der Waals surface area (Å²) in [5.74, 6) is -0.233. The molecule has 0 saturated carbocycles. The van der Waals surface area contributed by atoms with E-state index >= 15 is 0 Å². The summed E-state index contributed by atoms with van der Waals surface area (Å²) in [5.41, 5.74) is 1.36. The van der Waals surface area contributed by atoms with E-state index in [1.165, 1.54) is 24.2 Å². The number of thiazole rings is 1. The van der Waals surface area contributed by atoms with Crippen LogP contribution < -0.4 is 5.32 Å². The van der Waals surface area contributed by atoms with E-state index in [0.29, 0.717) is 15.6 Å². The predicted molar refractivity (Wildman–Crippen MR) is 110 cm³/mol. The molecule has 3 aromatic rings. The molecule has 1 saturated heterocycles. The summed E-state index contributed by atoms with van der Waals surface area (Å²) >= 11 is 0.218. The molecular weight excluding hydrogens is 378 g/mol. The maximum Gasteiger partial charge on any atom is 0.257 e. The van der Waals surface area contributed by atoms with Crippen LogP contribution in [0.15, 0.2) is 53.4 Å². The van der Waals surface area contributed by atoms with Gasteiger partial charge in [-0.15, -0.1) is 4.31 Å². The molecule has 1 fully saturated rings. The zero-order chi connectivity index (χ0) is 18.6. The minimum atomic E-state index is -1.23. The number of anilines is 1. The zero-order valence-electron chi connectivity index (χ0n) is 14.9. The fraction of sp³-hybridized carbons (Fsp3) is 0.300. The van der Waals surface area contributed by atoms with Crippen LogP contribution in [0.4, 0.5) is 5.13 Å². The molecule has 0 aliphatic carbocycles. The average Bonchev–Trinajstić information content (AvgIpc) is 2.91. The van der Waals surface area contributed by atoms with Gasteiger partial charge in [0.1, 0.15) is 0 Å². The monoisotopic (exact) mass is 399 g/mol. The molecule has 1 aliphatic heterocycles. The summed E-state index contributed by atoms with van der Waals surface area (Å²) < 4.78 is 15.9. The lowest BCUT2D eigenvalue weighted by molar-refractivity contribution is 0.102. The van der Waals surface area contributed by atoms with E-state index in [9.17, 15) is 9.35 Å². The molecule has 1 unspecified atom stereocenters. The summed E-state index contributed by atoms with van der Waals surface area (Å²) in [6.45, 7) is 1.68. The maximum atomic E-state index is 12.9. The van der Waals surface area contributed by atoms with E-state index in [4.69, 9.17) is 0 Å². The van der Waals surface area contributed by atoms with Crippen LogP contribution in [0.5, 0.6) is 0 Å². The van der Waals surface area contributed by atoms with Gasteiger partial charge in [-0.1, -0.05) is 42.4 Å². The van der Waals surface area contributed by atoms with E-state index in [0.717, 1.165) is 36.1 Å². The highest BCUT2D eigenvalue weighted by Crippen LogP contribution is 2.26. The Labute approximate surface area is 165 Å². The predicted octanol–water partition coefficient (Wildman–Crippen LogP) is 4.45. The van der Waals surface area contributed by atoms with Gasteiger partial charge in [0.25, 0.3) is 5.91 Å². The number of aromatic nitrogens is 1. The van der Waals surface area contributed by atoms with Crippen molar-refractivity contribution in [2.75, 3.05) is 18.4 Å². The molecule has 27 heavy (non-hydrogen) atoms. The highest BCUT2D eigenvalue weighted by Gasteiger charge is 2.24. The largest absolute Gasteiger partial charge is 0.593 e. The second-order valence-electron chi connectivity index (χ2n) is 6.56. The van der Waals surface area contributed by atoms with Crippen molar-refractivity contribution in [3.05, 3.63) is 54.1 Å². The standard InChI is InChI=1S/C20H21N3O2S2/c24-19(22-20-21-17-10-3-4-11-18(17)26-20)15-8-7-9-16(14-15)27(25)23-12-5-1-2-6-13-23/h3-4,7-11,14H,1-2,5-6,12-13H2,(H,21,22,24). The molecule has 5 nitrogen and oxygen atoms in total. The molecule has 0 radical (unpaired) electrons. The van der Waals surface area contributed by atoms with Gasteiger partial charge in [-0.2, -0.15) is 0 Å². The first-order valence-corrected chi connectivity index (χ1v) is 11.1. The molecule has 1 aromatic heterocycles. The molecule has 1 N–H and O–H groups in total. The molecule has 140 valence electrons. The van der Waals surface area contributed by atoms with Gasteiger partial charge in [-0.3, -0.25) is 10.1 Å². The van der Waals surface area contributed by atoms with Gasteiger partial charge >= 0.3 is 0 Å². The summed E-state index contributed by atoms with van der Waals surface area (Å²) in [6, 6.07) is 14.9. The van der Waals surface area contributed by atoms with Crippen molar-refractivity contribution in [2.24, 2.45) is 0 Å². The van der Waals surface area contributed by atoms with E-state index in [2.05, 4.69) is 10.3 Å². The molecular formula is C20H21N3O2S2. The van der Waals surface area contributed by atoms with Crippen LogP contribution in [-0.4, -0.2) is 32.8 Å². The number of carbonyl (C=O) groups excluding carboxylic acids is 1. The van der Waals surface area contributed by atoms with Crippen LogP contribution in [0.25, 0.3) is 10.2 Å². The Balaban J connectivity index is 1.49. The molecule has 0 bridgehead atoms. The number of nitrogens with one attached hydrogen (secondary N) is 1. The Bertz CT molecular complexity index is 903. The Kier molecular flexibility index (Phi) is 5.73. The number of carbonyl (C=O) groups is 1. The van der Waals surface area contributed by atoms with Crippen molar-refractivity contribution in [3.63, 3.8) is 0 Å². The maximum absolute atomic E-state index is 12.9. The summed E-state index contributed by atoms with van der Waals surface area (Å²) in [7, 11) is 0. The number of benzene rings is 2. The van der Waals surface area contributed by atoms with Crippen LogP contribution in [0.2, 0.25) is 0 Å². The van der Waals surface area contributed by atoms with Crippen molar-refractivity contribution in [2.45, 2.75) is 30.6 Å². The van der Waals surface area contributed by atoms with E-state index in [1.54, 1.807) is 18.2 Å². The zero-order valence-corrected chi connectivity index (χ0v) is 16.5. The van der Waals surface area contributed by atoms with Crippen molar-refractivity contribution in [1.82, 2.24) is 9.29 Å². The van der Waals surface area contributed by atoms with Gasteiger partial charge in [0, 0.05) is 24.7 Å². The second-order valence-corrected chi connectivity index (χ2v) is 9.08. The Morgan fingerprint density at radius 3 is 2.63 bits per heavy atom. The molecule has 4 rings (SSSR count). The molecule has 2 heterocycles. The van der Waals surface area contributed by atoms with Crippen molar-refractivity contribution < 1.29 is 9.35 Å². The van der Waals surface area contributed by atoms with Gasteiger partial charge in [-0.05, 0) is 37.1 Å². The van der Waals surface area contributed by atoms with Crippen LogP contribution in [0.3, 0.4) is 0 Å². The minimum Gasteiger partial charge on any atom is -0.593 e. The average molecular weight is 400 g/mol. The molecule has 1 amide bonds. The molecule has 1 aliphatic rings. The third-order valence-corrected chi connectivity index (χ3v) is 7.05. The first-order valence-electron chi connectivity index (χ1n) is 9.14. The third kappa shape index (κ3) is 4.32. The number of hydrogen-bond donors (Lipinski definition) is 1. The Morgan fingerprint density at radius 2 is 1.85 bits per heavy atom. The number of hydrogen-bond acceptors (Lipinski definition) is 5. The topological polar surface area (TPSA) is 68.3 Å². The highest BCUT2D eigenvalue weighted by atomic mass is 32.2. The fourth-order valence-electron chi connectivity index (χ4n) is 3.20. The van der Waals surface area contributed by atoms with Gasteiger partial charge in [-0.25, -0.2) is 4.98 Å². The molecule has 1 atom stereocenters. The van der Waals surface area contributed by atoms with Crippen molar-refractivity contribution >= 4 is 44.0 Å². The number of nitrogens with zero attached hydrogens (tertiary/aromatic N) is 2. The third-order valence-electron chi connectivity index (χ3n) is 4.61. The quantitative estimate of drug-likeness (QED) is 0.658. The van der Waals surface area contributed by atoms with Crippen LogP contribution in [0, 0.1) is 0 Å². The summed E-state index contributed by atoms with van der Waals surface area (Å²) in [5, 5.41) is 3.43. The number of para-hydroxylation sites is 1. The molecule has 7 heteroatoms. The number of rotatable bonds is 4. The van der Waals surface area contributed by atoms with Gasteiger partial charge in [0.2, 0.25) is 0 Å². The van der Waals surface area contributed by atoms with E-state index in [-0.39, 0.29) is 5.91 Å². The lowest BCUT2D eigenvalue weighted by Crippen LogP contribution is -2.32. The Hall–Kier alpha value is -1.93. The van der Waals surface area contributed by atoms with Crippen LogP contribution in [0.1, 0.15) is 36.0 Å². The smallest absolute Gasteiger partial charge is 0.257 e. The molecule has 0 spiro atoms. The lowest BCUT2D eigenvalue weighted by atomic mass is 10.2. The normalized spacial score (nSPS) is 16.8. The minimum absolute atomic E-state index is 0.233. The van der Waals surface area contributed by atoms with Crippen LogP contribution in [-0.2, 0) is 11.4 Å². The van der Waals surface area contributed by atoms with Gasteiger partial charge < -0.3 is 4.55 Å². The van der Waals surface area contributed by atoms with E-state index in [1.807, 2.05) is 34.6 Å². The van der Waals surface area contributed by atoms with Crippen LogP contribution >= 0.6 is 11.3 Å². The first kappa shape index (κ1) is 18.4. The van der Waals surface area contributed by atoms with Gasteiger partial charge in [0.05, 0.1) is 21.6 Å². The highest BCUT2D eigenvalue weighted by molar-refractivity contribution is 7.89. The lowest BCUT2D eigenvalue weighted by Gasteiger charge is -2.22. The number of amides is 1. The van der Waals surface area contributed by atoms with E-state index < -0.39 is 11.4 Å². The fourth-order valence-corrected chi connectivity index (χ4v) is 5.37. The summed E-state index contributed by atoms with van der Waals surface area (Å²) in [4.78, 5) is 17.8. The molecule has 2 aromatic carbocycles.